The highest BCUT2D eigenvalue weighted by atomic mass is 16.6. The monoisotopic (exact) mass is 183 g/mol. The summed E-state index contributed by atoms with van der Waals surface area (Å²) in [4.78, 5) is 24.5. The number of cyclic esters (lactones) is 2. The predicted octanol–water partition coefficient (Wildman–Crippen LogP) is 0.170. The Hall–Kier alpha value is -0.900. The van der Waals surface area contributed by atoms with Crippen molar-refractivity contribution in [2.75, 3.05) is 13.6 Å². The van der Waals surface area contributed by atoms with E-state index in [1.165, 1.54) is 0 Å². The number of rotatable bonds is 0. The number of likely N-dealkylation sites (tertiary alicyclic amines) is 1. The van der Waals surface area contributed by atoms with Crippen molar-refractivity contribution in [2.24, 2.45) is 5.41 Å². The number of esters is 2. The minimum absolute atomic E-state index is 0.264. The van der Waals surface area contributed by atoms with Crippen molar-refractivity contribution in [1.29, 1.82) is 0 Å². The van der Waals surface area contributed by atoms with Crippen LogP contribution >= 0.6 is 0 Å². The van der Waals surface area contributed by atoms with Gasteiger partial charge in [-0.15, -0.1) is 0 Å². The molecule has 0 aromatic heterocycles. The molecule has 4 heteroatoms. The fourth-order valence-electron chi connectivity index (χ4n) is 2.29. The minimum Gasteiger partial charge on any atom is -0.393 e. The molecule has 2 saturated heterocycles. The van der Waals surface area contributed by atoms with Gasteiger partial charge in [-0.3, -0.25) is 9.59 Å². The Morgan fingerprint density at radius 2 is 2.23 bits per heavy atom. The van der Waals surface area contributed by atoms with E-state index in [1.807, 2.05) is 7.05 Å². The zero-order chi connectivity index (χ0) is 9.64. The SMILES string of the molecule is CC1CC2(CC(=O)OC2=O)CN1C. The van der Waals surface area contributed by atoms with Gasteiger partial charge in [0, 0.05) is 12.6 Å². The van der Waals surface area contributed by atoms with Crippen LogP contribution in [0.2, 0.25) is 0 Å². The van der Waals surface area contributed by atoms with E-state index < -0.39 is 5.41 Å². The van der Waals surface area contributed by atoms with Gasteiger partial charge < -0.3 is 9.64 Å². The van der Waals surface area contributed by atoms with Gasteiger partial charge in [-0.05, 0) is 20.4 Å². The number of ether oxygens (including phenoxy) is 1. The Kier molecular flexibility index (Phi) is 1.70. The lowest BCUT2D eigenvalue weighted by Gasteiger charge is -2.15. The summed E-state index contributed by atoms with van der Waals surface area (Å²) in [5.74, 6) is -0.693. The Labute approximate surface area is 76.8 Å². The van der Waals surface area contributed by atoms with Crippen LogP contribution in [0.5, 0.6) is 0 Å². The molecule has 0 aromatic rings. The second kappa shape index (κ2) is 2.54. The fraction of sp³-hybridized carbons (Fsp3) is 0.778. The van der Waals surface area contributed by atoms with E-state index >= 15 is 0 Å². The average Bonchev–Trinajstić information content (AvgIpc) is 2.40. The highest BCUT2D eigenvalue weighted by Gasteiger charge is 2.54. The second-order valence-electron chi connectivity index (χ2n) is 4.19. The van der Waals surface area contributed by atoms with Crippen LogP contribution in [0.1, 0.15) is 19.8 Å². The quantitative estimate of drug-likeness (QED) is 0.397. The zero-order valence-electron chi connectivity index (χ0n) is 7.87. The van der Waals surface area contributed by atoms with Crippen LogP contribution in [0.15, 0.2) is 0 Å². The molecule has 2 rings (SSSR count). The van der Waals surface area contributed by atoms with E-state index in [-0.39, 0.29) is 18.4 Å². The van der Waals surface area contributed by atoms with Gasteiger partial charge in [-0.25, -0.2) is 0 Å². The summed E-state index contributed by atoms with van der Waals surface area (Å²) in [5.41, 5.74) is -0.523. The van der Waals surface area contributed by atoms with E-state index in [4.69, 9.17) is 0 Å². The normalized spacial score (nSPS) is 40.3. The third-order valence-electron chi connectivity index (χ3n) is 3.11. The van der Waals surface area contributed by atoms with Crippen molar-refractivity contribution >= 4 is 11.9 Å². The summed E-state index contributed by atoms with van der Waals surface area (Å²) in [7, 11) is 1.97. The molecule has 2 unspecified atom stereocenters. The number of carbonyl (C=O) groups is 2. The lowest BCUT2D eigenvalue weighted by molar-refractivity contribution is -0.154. The molecule has 0 aromatic carbocycles. The molecule has 2 fully saturated rings. The van der Waals surface area contributed by atoms with E-state index in [0.717, 1.165) is 6.42 Å². The number of nitrogens with zero attached hydrogens (tertiary/aromatic N) is 1. The Morgan fingerprint density at radius 1 is 1.54 bits per heavy atom. The highest BCUT2D eigenvalue weighted by Crippen LogP contribution is 2.42. The molecular formula is C9H13NO3. The second-order valence-corrected chi connectivity index (χ2v) is 4.19. The van der Waals surface area contributed by atoms with E-state index in [9.17, 15) is 9.59 Å². The van der Waals surface area contributed by atoms with Gasteiger partial charge in [-0.1, -0.05) is 0 Å². The van der Waals surface area contributed by atoms with Gasteiger partial charge in [0.2, 0.25) is 0 Å². The van der Waals surface area contributed by atoms with Crippen molar-refractivity contribution < 1.29 is 14.3 Å². The largest absolute Gasteiger partial charge is 0.393 e. The molecule has 1 spiro atoms. The average molecular weight is 183 g/mol. The molecule has 0 aliphatic carbocycles. The summed E-state index contributed by atoms with van der Waals surface area (Å²) in [6.07, 6.45) is 1.01. The first kappa shape index (κ1) is 8.69. The summed E-state index contributed by atoms with van der Waals surface area (Å²) in [6, 6.07) is 0.360. The third kappa shape index (κ3) is 1.16. The van der Waals surface area contributed by atoms with E-state index in [1.54, 1.807) is 0 Å². The standard InChI is InChI=1S/C9H13NO3/c1-6-3-9(5-10(6)2)4-7(11)13-8(9)12/h6H,3-5H2,1-2H3. The molecule has 0 amide bonds. The molecule has 72 valence electrons. The molecule has 2 atom stereocenters. The van der Waals surface area contributed by atoms with Crippen LogP contribution < -0.4 is 0 Å². The first-order valence-corrected chi connectivity index (χ1v) is 4.49. The zero-order valence-corrected chi connectivity index (χ0v) is 7.87. The summed E-state index contributed by atoms with van der Waals surface area (Å²) in [6.45, 7) is 2.71. The Morgan fingerprint density at radius 3 is 2.62 bits per heavy atom. The molecular weight excluding hydrogens is 170 g/mol. The van der Waals surface area contributed by atoms with Crippen LogP contribution in [-0.2, 0) is 14.3 Å². The minimum atomic E-state index is -0.523. The third-order valence-corrected chi connectivity index (χ3v) is 3.11. The smallest absolute Gasteiger partial charge is 0.321 e. The highest BCUT2D eigenvalue weighted by molar-refractivity contribution is 5.97. The Bertz CT molecular complexity index is 264. The summed E-state index contributed by atoms with van der Waals surface area (Å²) >= 11 is 0. The van der Waals surface area contributed by atoms with Crippen molar-refractivity contribution in [3.05, 3.63) is 0 Å². The van der Waals surface area contributed by atoms with Gasteiger partial charge in [-0.2, -0.15) is 0 Å². The maximum Gasteiger partial charge on any atom is 0.321 e. The predicted molar refractivity (Wildman–Crippen MR) is 44.9 cm³/mol. The molecule has 13 heavy (non-hydrogen) atoms. The molecule has 2 heterocycles. The van der Waals surface area contributed by atoms with Gasteiger partial charge >= 0.3 is 11.9 Å². The number of hydrogen-bond donors (Lipinski definition) is 0. The van der Waals surface area contributed by atoms with E-state index in [2.05, 4.69) is 16.6 Å². The maximum absolute atomic E-state index is 11.4. The lowest BCUT2D eigenvalue weighted by atomic mass is 9.84. The van der Waals surface area contributed by atoms with Crippen molar-refractivity contribution in [3.8, 4) is 0 Å². The van der Waals surface area contributed by atoms with Gasteiger partial charge in [0.15, 0.2) is 0 Å². The topological polar surface area (TPSA) is 46.6 Å². The molecule has 0 bridgehead atoms. The van der Waals surface area contributed by atoms with Crippen molar-refractivity contribution in [1.82, 2.24) is 4.90 Å². The number of carbonyl (C=O) groups excluding carboxylic acids is 2. The molecule has 2 aliphatic rings. The van der Waals surface area contributed by atoms with Gasteiger partial charge in [0.05, 0.1) is 11.8 Å². The summed E-state index contributed by atoms with van der Waals surface area (Å²) in [5, 5.41) is 0. The van der Waals surface area contributed by atoms with Crippen LogP contribution in [0.25, 0.3) is 0 Å². The number of hydrogen-bond acceptors (Lipinski definition) is 4. The van der Waals surface area contributed by atoms with E-state index in [0.29, 0.717) is 12.6 Å². The van der Waals surface area contributed by atoms with Crippen LogP contribution in [0.3, 0.4) is 0 Å². The van der Waals surface area contributed by atoms with Crippen LogP contribution in [-0.4, -0.2) is 36.5 Å². The first-order chi connectivity index (χ1) is 6.03. The summed E-state index contributed by atoms with van der Waals surface area (Å²) < 4.78 is 4.59. The first-order valence-electron chi connectivity index (χ1n) is 4.49. The maximum atomic E-state index is 11.4. The van der Waals surface area contributed by atoms with Gasteiger partial charge in [0.1, 0.15) is 0 Å². The van der Waals surface area contributed by atoms with Gasteiger partial charge in [0.25, 0.3) is 0 Å². The molecule has 0 N–H and O–H groups in total. The molecule has 4 nitrogen and oxygen atoms in total. The Balaban J connectivity index is 2.23. The molecule has 2 aliphatic heterocycles. The molecule has 0 saturated carbocycles. The molecule has 0 radical (unpaired) electrons. The fourth-order valence-corrected chi connectivity index (χ4v) is 2.29. The van der Waals surface area contributed by atoms with Crippen molar-refractivity contribution in [2.45, 2.75) is 25.8 Å². The van der Waals surface area contributed by atoms with Crippen molar-refractivity contribution in [3.63, 3.8) is 0 Å². The lowest BCUT2D eigenvalue weighted by Crippen LogP contribution is -2.29. The van der Waals surface area contributed by atoms with Crippen LogP contribution in [0, 0.1) is 5.41 Å². The van der Waals surface area contributed by atoms with Crippen LogP contribution in [0.4, 0.5) is 0 Å².